The Kier molecular flexibility index (Phi) is 4.74. The number of anilines is 1. The molecule has 2 heterocycles. The number of nitro groups is 1. The van der Waals surface area contributed by atoms with Crippen molar-refractivity contribution in [3.8, 4) is 5.69 Å². The predicted molar refractivity (Wildman–Crippen MR) is 115 cm³/mol. The zero-order chi connectivity index (χ0) is 22.3. The third-order valence-electron chi connectivity index (χ3n) is 4.90. The maximum atomic E-state index is 13.1. The van der Waals surface area contributed by atoms with E-state index in [0.717, 1.165) is 10.1 Å². The molecule has 156 valence electrons. The second-order valence-corrected chi connectivity index (χ2v) is 7.04. The number of carbonyl (C=O) groups excluding carboxylic acids is 1. The summed E-state index contributed by atoms with van der Waals surface area (Å²) in [5, 5.41) is 13.4. The fraction of sp³-hybridized carbons (Fsp3) is 0.0952. The number of H-pyrrole nitrogens is 1. The van der Waals surface area contributed by atoms with E-state index < -0.39 is 22.1 Å². The van der Waals surface area contributed by atoms with E-state index in [-0.39, 0.29) is 22.3 Å². The normalized spacial score (nSPS) is 10.9. The van der Waals surface area contributed by atoms with E-state index >= 15 is 0 Å². The van der Waals surface area contributed by atoms with Gasteiger partial charge in [-0.3, -0.25) is 19.7 Å². The first-order valence-electron chi connectivity index (χ1n) is 9.23. The number of aromatic nitrogens is 3. The quantitative estimate of drug-likeness (QED) is 0.387. The monoisotopic (exact) mass is 419 g/mol. The Labute approximate surface area is 174 Å². The number of hydrogen-bond acceptors (Lipinski definition) is 5. The predicted octanol–water partition coefficient (Wildman–Crippen LogP) is 2.49. The molecule has 2 aromatic heterocycles. The van der Waals surface area contributed by atoms with Crippen LogP contribution in [0.25, 0.3) is 16.7 Å². The van der Waals surface area contributed by atoms with E-state index in [4.69, 9.17) is 0 Å². The van der Waals surface area contributed by atoms with Gasteiger partial charge in [-0.2, -0.15) is 0 Å². The lowest BCUT2D eigenvalue weighted by atomic mass is 10.2. The lowest BCUT2D eigenvalue weighted by Gasteiger charge is -2.07. The number of fused-ring (bicyclic) bond motifs is 1. The van der Waals surface area contributed by atoms with Gasteiger partial charge in [0.25, 0.3) is 17.2 Å². The second kappa shape index (κ2) is 7.41. The van der Waals surface area contributed by atoms with E-state index in [2.05, 4.69) is 10.3 Å². The van der Waals surface area contributed by atoms with Crippen LogP contribution in [0.1, 0.15) is 15.9 Å². The van der Waals surface area contributed by atoms with Gasteiger partial charge in [0.2, 0.25) is 0 Å². The van der Waals surface area contributed by atoms with Gasteiger partial charge in [0.15, 0.2) is 0 Å². The highest BCUT2D eigenvalue weighted by molar-refractivity contribution is 6.11. The fourth-order valence-corrected chi connectivity index (χ4v) is 3.34. The Balaban J connectivity index is 1.77. The first-order chi connectivity index (χ1) is 14.8. The van der Waals surface area contributed by atoms with E-state index in [1.54, 1.807) is 31.3 Å². The van der Waals surface area contributed by atoms with Crippen LogP contribution in [-0.4, -0.2) is 24.9 Å². The van der Waals surface area contributed by atoms with Crippen LogP contribution >= 0.6 is 0 Å². The number of aryl methyl sites for hydroxylation is 2. The summed E-state index contributed by atoms with van der Waals surface area (Å²) in [7, 11) is 1.60. The second-order valence-electron chi connectivity index (χ2n) is 7.04. The van der Waals surface area contributed by atoms with Gasteiger partial charge < -0.3 is 14.9 Å². The van der Waals surface area contributed by atoms with E-state index in [9.17, 15) is 24.5 Å². The topological polar surface area (TPSA) is 132 Å². The summed E-state index contributed by atoms with van der Waals surface area (Å²) in [6, 6.07) is 12.2. The molecule has 0 saturated heterocycles. The third-order valence-corrected chi connectivity index (χ3v) is 4.90. The van der Waals surface area contributed by atoms with Crippen molar-refractivity contribution in [2.75, 3.05) is 5.32 Å². The average molecular weight is 419 g/mol. The van der Waals surface area contributed by atoms with Gasteiger partial charge in [0.05, 0.1) is 21.7 Å². The van der Waals surface area contributed by atoms with Gasteiger partial charge in [0, 0.05) is 31.1 Å². The Bertz CT molecular complexity index is 1440. The average Bonchev–Trinajstić information content (AvgIpc) is 3.06. The SMILES string of the molecule is Cc1ccc(-n2c(=O)[nH]c3c(C(=O)Nc4ccc([N+](=O)[O-])cc4)cn(C)c3c2=O)cc1. The molecular formula is C21H17N5O5. The summed E-state index contributed by atoms with van der Waals surface area (Å²) in [6.45, 7) is 1.90. The Morgan fingerprint density at radius 3 is 2.32 bits per heavy atom. The van der Waals surface area contributed by atoms with E-state index in [0.29, 0.717) is 11.4 Å². The number of carbonyl (C=O) groups is 1. The summed E-state index contributed by atoms with van der Waals surface area (Å²) < 4.78 is 2.49. The fourth-order valence-electron chi connectivity index (χ4n) is 3.34. The van der Waals surface area contributed by atoms with Crippen LogP contribution in [0, 0.1) is 17.0 Å². The molecule has 0 bridgehead atoms. The number of amides is 1. The van der Waals surface area contributed by atoms with E-state index in [1.165, 1.54) is 35.0 Å². The first kappa shape index (κ1) is 19.8. The molecule has 10 nitrogen and oxygen atoms in total. The van der Waals surface area contributed by atoms with Gasteiger partial charge in [-0.15, -0.1) is 0 Å². The zero-order valence-electron chi connectivity index (χ0n) is 16.6. The number of rotatable bonds is 4. The molecule has 0 aliphatic heterocycles. The van der Waals surface area contributed by atoms with Crippen molar-refractivity contribution in [1.29, 1.82) is 0 Å². The van der Waals surface area contributed by atoms with Crippen molar-refractivity contribution in [2.45, 2.75) is 6.92 Å². The Morgan fingerprint density at radius 1 is 1.06 bits per heavy atom. The molecule has 4 rings (SSSR count). The largest absolute Gasteiger partial charge is 0.344 e. The number of benzene rings is 2. The molecule has 1 amide bonds. The summed E-state index contributed by atoms with van der Waals surface area (Å²) >= 11 is 0. The van der Waals surface area contributed by atoms with Crippen LogP contribution in [0.5, 0.6) is 0 Å². The number of non-ortho nitro benzene ring substituents is 1. The van der Waals surface area contributed by atoms with Gasteiger partial charge in [0.1, 0.15) is 5.52 Å². The molecule has 0 aliphatic carbocycles. The van der Waals surface area contributed by atoms with Gasteiger partial charge in [-0.1, -0.05) is 17.7 Å². The first-order valence-corrected chi connectivity index (χ1v) is 9.23. The van der Waals surface area contributed by atoms with Crippen LogP contribution in [0.15, 0.2) is 64.3 Å². The van der Waals surface area contributed by atoms with Crippen LogP contribution < -0.4 is 16.6 Å². The minimum Gasteiger partial charge on any atom is -0.344 e. The van der Waals surface area contributed by atoms with Crippen LogP contribution in [0.3, 0.4) is 0 Å². The molecule has 0 aliphatic rings. The number of aromatic amines is 1. The number of hydrogen-bond donors (Lipinski definition) is 2. The van der Waals surface area contributed by atoms with Gasteiger partial charge in [-0.05, 0) is 31.2 Å². The molecular weight excluding hydrogens is 402 g/mol. The van der Waals surface area contributed by atoms with Crippen LogP contribution in [0.4, 0.5) is 11.4 Å². The molecule has 0 atom stereocenters. The van der Waals surface area contributed by atoms with Gasteiger partial charge in [-0.25, -0.2) is 9.36 Å². The molecule has 4 aromatic rings. The number of nitro benzene ring substituents is 1. The van der Waals surface area contributed by atoms with Crippen LogP contribution in [-0.2, 0) is 7.05 Å². The van der Waals surface area contributed by atoms with Crippen molar-refractivity contribution in [2.24, 2.45) is 7.05 Å². The van der Waals surface area contributed by atoms with Crippen molar-refractivity contribution in [1.82, 2.24) is 14.1 Å². The molecule has 31 heavy (non-hydrogen) atoms. The van der Waals surface area contributed by atoms with Crippen molar-refractivity contribution >= 4 is 28.3 Å². The summed E-state index contributed by atoms with van der Waals surface area (Å²) in [5.74, 6) is -0.567. The molecule has 2 N–H and O–H groups in total. The smallest absolute Gasteiger partial charge is 0.333 e. The highest BCUT2D eigenvalue weighted by Crippen LogP contribution is 2.19. The summed E-state index contributed by atoms with van der Waals surface area (Å²) in [4.78, 5) is 51.4. The lowest BCUT2D eigenvalue weighted by molar-refractivity contribution is -0.384. The highest BCUT2D eigenvalue weighted by atomic mass is 16.6. The third kappa shape index (κ3) is 3.50. The van der Waals surface area contributed by atoms with Crippen LogP contribution in [0.2, 0.25) is 0 Å². The molecule has 10 heteroatoms. The minimum absolute atomic E-state index is 0.0982. The zero-order valence-corrected chi connectivity index (χ0v) is 16.6. The maximum absolute atomic E-state index is 13.1. The summed E-state index contributed by atoms with van der Waals surface area (Å²) in [6.07, 6.45) is 1.45. The molecule has 0 fully saturated rings. The molecule has 0 radical (unpaired) electrons. The lowest BCUT2D eigenvalue weighted by Crippen LogP contribution is -2.34. The number of nitrogens with zero attached hydrogens (tertiary/aromatic N) is 3. The Hall–Kier alpha value is -4.47. The standard InChI is InChI=1S/C21H17N5O5/c1-12-3-7-14(8-4-12)25-20(28)18-17(23-21(25)29)16(11-24(18)2)19(27)22-13-5-9-15(10-6-13)26(30)31/h3-11H,1-2H3,(H,22,27)(H,23,29). The molecule has 0 unspecified atom stereocenters. The summed E-state index contributed by atoms with van der Waals surface area (Å²) in [5.41, 5.74) is 0.772. The molecule has 0 saturated carbocycles. The minimum atomic E-state index is -0.670. The van der Waals surface area contributed by atoms with E-state index in [1.807, 2.05) is 6.92 Å². The van der Waals surface area contributed by atoms with Crippen molar-refractivity contribution < 1.29 is 9.72 Å². The highest BCUT2D eigenvalue weighted by Gasteiger charge is 2.20. The number of nitrogens with one attached hydrogen (secondary N) is 2. The van der Waals surface area contributed by atoms with Gasteiger partial charge >= 0.3 is 5.69 Å². The van der Waals surface area contributed by atoms with Crippen molar-refractivity contribution in [3.63, 3.8) is 0 Å². The molecule has 2 aromatic carbocycles. The maximum Gasteiger partial charge on any atom is 0.333 e. The Morgan fingerprint density at radius 2 is 1.71 bits per heavy atom. The molecule has 0 spiro atoms. The van der Waals surface area contributed by atoms with Crippen molar-refractivity contribution in [3.05, 3.63) is 96.8 Å².